The van der Waals surface area contributed by atoms with Gasteiger partial charge in [0.1, 0.15) is 11.8 Å². The molecule has 0 atom stereocenters. The molecule has 0 radical (unpaired) electrons. The number of rotatable bonds is 7. The van der Waals surface area contributed by atoms with Crippen LogP contribution in [0.2, 0.25) is 10.0 Å². The Bertz CT molecular complexity index is 1240. The number of halogens is 2. The van der Waals surface area contributed by atoms with E-state index in [1.54, 1.807) is 31.3 Å². The van der Waals surface area contributed by atoms with Gasteiger partial charge in [-0.2, -0.15) is 0 Å². The van der Waals surface area contributed by atoms with Gasteiger partial charge in [0, 0.05) is 23.3 Å². The molecule has 11 heteroatoms. The first kappa shape index (κ1) is 24.0. The van der Waals surface area contributed by atoms with Crippen LogP contribution in [0.5, 0.6) is 5.88 Å². The number of aromatic nitrogens is 3. The van der Waals surface area contributed by atoms with E-state index in [-0.39, 0.29) is 41.0 Å². The van der Waals surface area contributed by atoms with Gasteiger partial charge in [-0.15, -0.1) is 5.10 Å². The third-order valence-corrected chi connectivity index (χ3v) is 5.47. The molecule has 178 valence electrons. The number of hydrogen-bond acceptors (Lipinski definition) is 6. The van der Waals surface area contributed by atoms with Gasteiger partial charge in [-0.1, -0.05) is 23.2 Å². The van der Waals surface area contributed by atoms with Crippen molar-refractivity contribution in [3.8, 4) is 11.7 Å². The highest BCUT2D eigenvalue weighted by Gasteiger charge is 2.26. The van der Waals surface area contributed by atoms with Crippen LogP contribution in [0.25, 0.3) is 5.82 Å². The average molecular weight is 504 g/mol. The Morgan fingerprint density at radius 3 is 2.62 bits per heavy atom. The first-order valence-electron chi connectivity index (χ1n) is 10.6. The fourth-order valence-corrected chi connectivity index (χ4v) is 3.81. The number of amides is 2. The van der Waals surface area contributed by atoms with E-state index in [0.29, 0.717) is 34.5 Å². The van der Waals surface area contributed by atoms with Crippen molar-refractivity contribution in [2.24, 2.45) is 0 Å². The Kier molecular flexibility index (Phi) is 7.06. The van der Waals surface area contributed by atoms with Gasteiger partial charge >= 0.3 is 0 Å². The Labute approximate surface area is 206 Å². The van der Waals surface area contributed by atoms with Crippen molar-refractivity contribution < 1.29 is 19.1 Å². The van der Waals surface area contributed by atoms with Crippen molar-refractivity contribution >= 4 is 40.7 Å². The molecule has 0 spiro atoms. The van der Waals surface area contributed by atoms with Crippen LogP contribution >= 0.6 is 23.2 Å². The average Bonchev–Trinajstić information content (AvgIpc) is 3.16. The third-order valence-electron chi connectivity index (χ3n) is 4.96. The zero-order valence-corrected chi connectivity index (χ0v) is 20.3. The number of nitrogens with zero attached hydrogens (tertiary/aromatic N) is 3. The molecule has 1 aliphatic heterocycles. The zero-order valence-electron chi connectivity index (χ0n) is 18.8. The molecule has 0 unspecified atom stereocenters. The van der Waals surface area contributed by atoms with Gasteiger partial charge in [-0.3, -0.25) is 9.59 Å². The molecule has 4 rings (SSSR count). The van der Waals surface area contributed by atoms with E-state index in [9.17, 15) is 9.59 Å². The highest BCUT2D eigenvalue weighted by atomic mass is 35.5. The van der Waals surface area contributed by atoms with Gasteiger partial charge in [0.05, 0.1) is 29.5 Å². The van der Waals surface area contributed by atoms with Crippen molar-refractivity contribution in [1.82, 2.24) is 20.1 Å². The Morgan fingerprint density at radius 2 is 1.97 bits per heavy atom. The van der Waals surface area contributed by atoms with Gasteiger partial charge in [0.2, 0.25) is 5.88 Å². The molecule has 1 aliphatic rings. The van der Waals surface area contributed by atoms with Crippen LogP contribution in [0.3, 0.4) is 0 Å². The SMILES string of the molecule is Cc1cc(Cl)cc(C(=O)NC(C)C)c1NC(=O)c1cc(OC2COC2)nn1-c1ncccc1Cl. The number of ether oxygens (including phenoxy) is 2. The molecule has 2 N–H and O–H groups in total. The van der Waals surface area contributed by atoms with Crippen LogP contribution in [0.4, 0.5) is 5.69 Å². The molecular formula is C23H23Cl2N5O4. The summed E-state index contributed by atoms with van der Waals surface area (Å²) in [4.78, 5) is 30.5. The predicted octanol–water partition coefficient (Wildman–Crippen LogP) is 4.05. The summed E-state index contributed by atoms with van der Waals surface area (Å²) in [5.74, 6) is -0.394. The van der Waals surface area contributed by atoms with E-state index < -0.39 is 5.91 Å². The molecule has 0 saturated carbocycles. The van der Waals surface area contributed by atoms with Crippen LogP contribution < -0.4 is 15.4 Å². The van der Waals surface area contributed by atoms with E-state index in [0.717, 1.165) is 0 Å². The van der Waals surface area contributed by atoms with E-state index in [1.807, 2.05) is 13.8 Å². The topological polar surface area (TPSA) is 107 Å². The summed E-state index contributed by atoms with van der Waals surface area (Å²) in [6.45, 7) is 6.33. The summed E-state index contributed by atoms with van der Waals surface area (Å²) in [6, 6.07) is 7.90. The van der Waals surface area contributed by atoms with Gasteiger partial charge in [-0.25, -0.2) is 9.67 Å². The molecule has 3 heterocycles. The van der Waals surface area contributed by atoms with Crippen molar-refractivity contribution in [1.29, 1.82) is 0 Å². The highest BCUT2D eigenvalue weighted by Crippen LogP contribution is 2.28. The number of carbonyl (C=O) groups excluding carboxylic acids is 2. The highest BCUT2D eigenvalue weighted by molar-refractivity contribution is 6.32. The number of anilines is 1. The molecule has 1 saturated heterocycles. The van der Waals surface area contributed by atoms with Gasteiger partial charge in [-0.05, 0) is 50.6 Å². The van der Waals surface area contributed by atoms with E-state index in [4.69, 9.17) is 32.7 Å². The molecule has 9 nitrogen and oxygen atoms in total. The predicted molar refractivity (Wildman–Crippen MR) is 128 cm³/mol. The fraction of sp³-hybridized carbons (Fsp3) is 0.304. The maximum Gasteiger partial charge on any atom is 0.274 e. The smallest absolute Gasteiger partial charge is 0.274 e. The number of nitrogens with one attached hydrogen (secondary N) is 2. The normalized spacial score (nSPS) is 13.5. The van der Waals surface area contributed by atoms with E-state index in [1.165, 1.54) is 16.8 Å². The molecule has 34 heavy (non-hydrogen) atoms. The number of hydrogen-bond donors (Lipinski definition) is 2. The molecule has 1 aromatic carbocycles. The second-order valence-corrected chi connectivity index (χ2v) is 8.94. The number of pyridine rings is 1. The van der Waals surface area contributed by atoms with Crippen LogP contribution in [0.1, 0.15) is 40.3 Å². The summed E-state index contributed by atoms with van der Waals surface area (Å²) in [5, 5.41) is 10.7. The Hall–Kier alpha value is -3.14. The standard InChI is InChI=1S/C23H23Cl2N5O4/c1-12(2)27-22(31)16-8-14(24)7-13(3)20(16)28-23(32)18-9-19(34-15-10-33-11-15)29-30(18)21-17(25)5-4-6-26-21/h4-9,12,15H,10-11H2,1-3H3,(H,27,31)(H,28,32). The van der Waals surface area contributed by atoms with Crippen LogP contribution in [-0.4, -0.2) is 51.9 Å². The molecule has 2 amide bonds. The number of carbonyl (C=O) groups is 2. The fourth-order valence-electron chi connectivity index (χ4n) is 3.33. The largest absolute Gasteiger partial charge is 0.468 e. The summed E-state index contributed by atoms with van der Waals surface area (Å²) in [5.41, 5.74) is 1.33. The third kappa shape index (κ3) is 5.16. The minimum atomic E-state index is -0.530. The number of aryl methyl sites for hydroxylation is 1. The monoisotopic (exact) mass is 503 g/mol. The van der Waals surface area contributed by atoms with Gasteiger partial charge < -0.3 is 20.1 Å². The molecule has 2 aromatic heterocycles. The number of benzene rings is 1. The maximum absolute atomic E-state index is 13.4. The first-order chi connectivity index (χ1) is 16.2. The van der Waals surface area contributed by atoms with Crippen LogP contribution in [0, 0.1) is 6.92 Å². The van der Waals surface area contributed by atoms with Crippen LogP contribution in [-0.2, 0) is 4.74 Å². The summed E-state index contributed by atoms with van der Waals surface area (Å²) in [7, 11) is 0. The molecule has 0 bridgehead atoms. The van der Waals surface area contributed by atoms with Crippen molar-refractivity contribution in [3.63, 3.8) is 0 Å². The molecule has 1 fully saturated rings. The lowest BCUT2D eigenvalue weighted by molar-refractivity contribution is -0.0814. The second kappa shape index (κ2) is 10.0. The maximum atomic E-state index is 13.4. The van der Waals surface area contributed by atoms with Crippen molar-refractivity contribution in [3.05, 3.63) is 63.4 Å². The van der Waals surface area contributed by atoms with Crippen molar-refractivity contribution in [2.75, 3.05) is 18.5 Å². The lowest BCUT2D eigenvalue weighted by Crippen LogP contribution is -2.38. The lowest BCUT2D eigenvalue weighted by atomic mass is 10.1. The second-order valence-electron chi connectivity index (χ2n) is 8.09. The Balaban J connectivity index is 1.72. The summed E-state index contributed by atoms with van der Waals surface area (Å²) < 4.78 is 12.2. The van der Waals surface area contributed by atoms with Crippen LogP contribution in [0.15, 0.2) is 36.5 Å². The van der Waals surface area contributed by atoms with E-state index >= 15 is 0 Å². The molecule has 0 aliphatic carbocycles. The zero-order chi connectivity index (χ0) is 24.4. The molecular weight excluding hydrogens is 481 g/mol. The Morgan fingerprint density at radius 1 is 1.21 bits per heavy atom. The minimum Gasteiger partial charge on any atom is -0.468 e. The van der Waals surface area contributed by atoms with Crippen molar-refractivity contribution in [2.45, 2.75) is 32.9 Å². The summed E-state index contributed by atoms with van der Waals surface area (Å²) >= 11 is 12.5. The summed E-state index contributed by atoms with van der Waals surface area (Å²) in [6.07, 6.45) is 1.39. The van der Waals surface area contributed by atoms with Gasteiger partial charge in [0.15, 0.2) is 5.82 Å². The molecule has 3 aromatic rings. The first-order valence-corrected chi connectivity index (χ1v) is 11.4. The van der Waals surface area contributed by atoms with Gasteiger partial charge in [0.25, 0.3) is 11.8 Å². The quantitative estimate of drug-likeness (QED) is 0.503. The lowest BCUT2D eigenvalue weighted by Gasteiger charge is -2.25. The van der Waals surface area contributed by atoms with E-state index in [2.05, 4.69) is 20.7 Å². The minimum absolute atomic E-state index is 0.0988.